The highest BCUT2D eigenvalue weighted by molar-refractivity contribution is 6.33. The Bertz CT molecular complexity index is 509. The van der Waals surface area contributed by atoms with Crippen molar-refractivity contribution in [3.05, 3.63) is 45.9 Å². The third-order valence-electron chi connectivity index (χ3n) is 2.35. The van der Waals surface area contributed by atoms with Gasteiger partial charge in [0.2, 0.25) is 5.69 Å². The first kappa shape index (κ1) is 12.9. The molecule has 0 spiro atoms. The lowest BCUT2D eigenvalue weighted by Crippen LogP contribution is -2.29. The molecule has 0 atom stereocenters. The molecule has 1 aromatic carbocycles. The molecule has 0 aliphatic heterocycles. The van der Waals surface area contributed by atoms with E-state index in [1.54, 1.807) is 26.0 Å². The van der Waals surface area contributed by atoms with Crippen LogP contribution in [0.15, 0.2) is 28.7 Å². The molecule has 0 radical (unpaired) electrons. The fourth-order valence-corrected chi connectivity index (χ4v) is 1.57. The van der Waals surface area contributed by atoms with Gasteiger partial charge >= 0.3 is 5.89 Å². The van der Waals surface area contributed by atoms with Crippen molar-refractivity contribution in [1.29, 1.82) is 0 Å². The molecule has 0 fully saturated rings. The van der Waals surface area contributed by atoms with Crippen LogP contribution in [0.1, 0.15) is 11.5 Å². The van der Waals surface area contributed by atoms with Gasteiger partial charge in [0.05, 0.1) is 5.02 Å². The molecule has 2 aromatic rings. The minimum absolute atomic E-state index is 0. The van der Waals surface area contributed by atoms with Crippen molar-refractivity contribution in [2.75, 3.05) is 0 Å². The summed E-state index contributed by atoms with van der Waals surface area (Å²) in [6, 6.07) is 7.11. The lowest BCUT2D eigenvalue weighted by atomic mass is 10.2. The smallest absolute Gasteiger partial charge is 0.394 e. The highest BCUT2D eigenvalue weighted by Crippen LogP contribution is 2.26. The van der Waals surface area contributed by atoms with Crippen LogP contribution < -0.4 is 4.73 Å². The second kappa shape index (κ2) is 4.76. The molecule has 0 saturated carbocycles. The molecular formula is C11H11Cl2NO2. The van der Waals surface area contributed by atoms with Gasteiger partial charge in [-0.15, -0.1) is 17.1 Å². The van der Waals surface area contributed by atoms with E-state index in [2.05, 4.69) is 0 Å². The van der Waals surface area contributed by atoms with Gasteiger partial charge in [-0.05, 0) is 12.1 Å². The molecule has 1 aromatic heterocycles. The van der Waals surface area contributed by atoms with Gasteiger partial charge < -0.3 is 9.62 Å². The van der Waals surface area contributed by atoms with Crippen molar-refractivity contribution in [1.82, 2.24) is 0 Å². The van der Waals surface area contributed by atoms with Crippen molar-refractivity contribution in [2.45, 2.75) is 13.8 Å². The molecule has 0 amide bonds. The molecule has 0 bridgehead atoms. The molecule has 16 heavy (non-hydrogen) atoms. The minimum Gasteiger partial charge on any atom is -0.616 e. The van der Waals surface area contributed by atoms with Gasteiger partial charge in [-0.3, -0.25) is 0 Å². The summed E-state index contributed by atoms with van der Waals surface area (Å²) in [6.07, 6.45) is 0. The van der Waals surface area contributed by atoms with Crippen LogP contribution >= 0.6 is 24.0 Å². The summed E-state index contributed by atoms with van der Waals surface area (Å²) in [7, 11) is 0. The van der Waals surface area contributed by atoms with Crippen molar-refractivity contribution < 1.29 is 9.15 Å². The number of rotatable bonds is 1. The van der Waals surface area contributed by atoms with Crippen LogP contribution in [0.4, 0.5) is 0 Å². The SMILES string of the molecule is Cc1oc(-c2ccccc2Cl)[n+]([O-])c1C.Cl. The summed E-state index contributed by atoms with van der Waals surface area (Å²) in [5, 5.41) is 12.2. The molecule has 0 aliphatic carbocycles. The van der Waals surface area contributed by atoms with Gasteiger partial charge in [0, 0.05) is 13.8 Å². The van der Waals surface area contributed by atoms with E-state index < -0.39 is 0 Å². The molecule has 0 unspecified atom stereocenters. The first-order valence-electron chi connectivity index (χ1n) is 4.55. The summed E-state index contributed by atoms with van der Waals surface area (Å²) in [6.45, 7) is 3.47. The van der Waals surface area contributed by atoms with Crippen molar-refractivity contribution >= 4 is 24.0 Å². The largest absolute Gasteiger partial charge is 0.616 e. The van der Waals surface area contributed by atoms with Crippen molar-refractivity contribution in [2.24, 2.45) is 0 Å². The first-order valence-corrected chi connectivity index (χ1v) is 4.93. The Hall–Kier alpha value is -1.19. The third-order valence-corrected chi connectivity index (χ3v) is 2.68. The normalized spacial score (nSPS) is 9.94. The number of aryl methyl sites for hydroxylation is 1. The topological polar surface area (TPSA) is 40.1 Å². The fourth-order valence-electron chi connectivity index (χ4n) is 1.35. The van der Waals surface area contributed by atoms with E-state index in [-0.39, 0.29) is 18.3 Å². The predicted octanol–water partition coefficient (Wildman–Crippen LogP) is 3.27. The van der Waals surface area contributed by atoms with Gasteiger partial charge in [-0.1, -0.05) is 23.7 Å². The first-order chi connectivity index (χ1) is 7.11. The Morgan fingerprint density at radius 3 is 2.38 bits per heavy atom. The molecular weight excluding hydrogens is 249 g/mol. The van der Waals surface area contributed by atoms with E-state index in [0.29, 0.717) is 22.0 Å². The average Bonchev–Trinajstić information content (AvgIpc) is 2.47. The maximum Gasteiger partial charge on any atom is 0.394 e. The van der Waals surface area contributed by atoms with Crippen molar-refractivity contribution in [3.63, 3.8) is 0 Å². The lowest BCUT2D eigenvalue weighted by molar-refractivity contribution is -0.602. The molecule has 5 heteroatoms. The van der Waals surface area contributed by atoms with Gasteiger partial charge in [0.25, 0.3) is 0 Å². The average molecular weight is 260 g/mol. The number of oxazole rings is 1. The summed E-state index contributed by atoms with van der Waals surface area (Å²) in [4.78, 5) is 0. The van der Waals surface area contributed by atoms with E-state index in [1.165, 1.54) is 0 Å². The number of halogens is 2. The Morgan fingerprint density at radius 1 is 1.25 bits per heavy atom. The second-order valence-corrected chi connectivity index (χ2v) is 3.73. The van der Waals surface area contributed by atoms with E-state index in [0.717, 1.165) is 4.73 Å². The van der Waals surface area contributed by atoms with Crippen LogP contribution in [-0.4, -0.2) is 0 Å². The summed E-state index contributed by atoms with van der Waals surface area (Å²) in [5.41, 5.74) is 1.18. The molecule has 0 saturated heterocycles. The van der Waals surface area contributed by atoms with E-state index in [1.807, 2.05) is 12.1 Å². The second-order valence-electron chi connectivity index (χ2n) is 3.32. The van der Waals surface area contributed by atoms with Crippen LogP contribution in [0.3, 0.4) is 0 Å². The molecule has 0 N–H and O–H groups in total. The summed E-state index contributed by atoms with van der Waals surface area (Å²) in [5.74, 6) is 0.857. The Kier molecular flexibility index (Phi) is 3.83. The van der Waals surface area contributed by atoms with Crippen LogP contribution in [0.25, 0.3) is 11.5 Å². The fraction of sp³-hybridized carbons (Fsp3) is 0.182. The van der Waals surface area contributed by atoms with E-state index in [9.17, 15) is 5.21 Å². The summed E-state index contributed by atoms with van der Waals surface area (Å²) >= 11 is 5.98. The highest BCUT2D eigenvalue weighted by atomic mass is 35.5. The monoisotopic (exact) mass is 259 g/mol. The molecule has 0 aliphatic rings. The maximum absolute atomic E-state index is 11.7. The molecule has 86 valence electrons. The standard InChI is InChI=1S/C11H10ClNO2.ClH/c1-7-8(2)15-11(13(7)14)9-5-3-4-6-10(9)12;/h3-6H,1-2H3;1H. The number of hydrogen-bond acceptors (Lipinski definition) is 2. The summed E-state index contributed by atoms with van der Waals surface area (Å²) < 4.78 is 6.14. The highest BCUT2D eigenvalue weighted by Gasteiger charge is 2.21. The van der Waals surface area contributed by atoms with Crippen LogP contribution in [0.5, 0.6) is 0 Å². The predicted molar refractivity (Wildman–Crippen MR) is 64.8 cm³/mol. The molecule has 3 nitrogen and oxygen atoms in total. The van der Waals surface area contributed by atoms with Gasteiger partial charge in [0.15, 0.2) is 5.76 Å². The Morgan fingerprint density at radius 2 is 1.88 bits per heavy atom. The zero-order chi connectivity index (χ0) is 11.0. The number of nitrogens with zero attached hydrogens (tertiary/aromatic N) is 1. The van der Waals surface area contributed by atoms with E-state index >= 15 is 0 Å². The number of aromatic nitrogens is 1. The van der Waals surface area contributed by atoms with Crippen LogP contribution in [0.2, 0.25) is 5.02 Å². The molecule has 1 heterocycles. The zero-order valence-corrected chi connectivity index (χ0v) is 10.4. The number of hydrogen-bond donors (Lipinski definition) is 0. The van der Waals surface area contributed by atoms with Gasteiger partial charge in [-0.25, -0.2) is 0 Å². The van der Waals surface area contributed by atoms with E-state index in [4.69, 9.17) is 16.0 Å². The van der Waals surface area contributed by atoms with Crippen molar-refractivity contribution in [3.8, 4) is 11.5 Å². The van der Waals surface area contributed by atoms with Gasteiger partial charge in [0.1, 0.15) is 5.56 Å². The van der Waals surface area contributed by atoms with Crippen LogP contribution in [0, 0.1) is 19.1 Å². The van der Waals surface area contributed by atoms with Crippen LogP contribution in [-0.2, 0) is 0 Å². The lowest BCUT2D eigenvalue weighted by Gasteiger charge is -1.99. The Labute approximate surface area is 105 Å². The maximum atomic E-state index is 11.7. The number of benzene rings is 1. The molecule has 2 rings (SSSR count). The van der Waals surface area contributed by atoms with Gasteiger partial charge in [-0.2, -0.15) is 0 Å². The Balaban J connectivity index is 0.00000128. The zero-order valence-electron chi connectivity index (χ0n) is 8.86. The third kappa shape index (κ3) is 2.01. The quantitative estimate of drug-likeness (QED) is 0.583. The minimum atomic E-state index is 0.